The van der Waals surface area contributed by atoms with E-state index in [1.165, 1.54) is 0 Å². The number of aliphatic imine (C=N–C) groups is 1. The number of hydrogen-bond donors (Lipinski definition) is 2. The van der Waals surface area contributed by atoms with Crippen LogP contribution in [0.1, 0.15) is 18.4 Å². The minimum absolute atomic E-state index is 0.00182. The first-order chi connectivity index (χ1) is 11.1. The molecule has 0 saturated carbocycles. The highest BCUT2D eigenvalue weighted by Gasteiger charge is 2.25. The van der Waals surface area contributed by atoms with Gasteiger partial charge < -0.3 is 20.9 Å². The lowest BCUT2D eigenvalue weighted by Crippen LogP contribution is -2.40. The lowest BCUT2D eigenvalue weighted by atomic mass is 9.96. The van der Waals surface area contributed by atoms with Gasteiger partial charge in [-0.15, -0.1) is 0 Å². The number of guanidine groups is 1. The Morgan fingerprint density at radius 3 is 2.83 bits per heavy atom. The Bertz CT molecular complexity index is 594. The van der Waals surface area contributed by atoms with Crippen molar-refractivity contribution < 1.29 is 4.79 Å². The van der Waals surface area contributed by atoms with E-state index < -0.39 is 0 Å². The van der Waals surface area contributed by atoms with E-state index in [4.69, 9.17) is 5.73 Å². The molecule has 3 heterocycles. The Morgan fingerprint density at radius 2 is 2.17 bits per heavy atom. The number of carbonyl (C=O) groups excluding carboxylic acids is 1. The van der Waals surface area contributed by atoms with Crippen LogP contribution in [0.3, 0.4) is 0 Å². The molecule has 2 aliphatic rings. The number of nitrogens with one attached hydrogen (secondary N) is 1. The van der Waals surface area contributed by atoms with E-state index in [9.17, 15) is 4.79 Å². The van der Waals surface area contributed by atoms with E-state index in [2.05, 4.69) is 31.2 Å². The predicted molar refractivity (Wildman–Crippen MR) is 90.1 cm³/mol. The maximum atomic E-state index is 11.3. The number of likely N-dealkylation sites (N-methyl/N-ethyl adjacent to an activating group) is 1. The van der Waals surface area contributed by atoms with E-state index in [1.807, 2.05) is 19.3 Å². The third-order valence-electron chi connectivity index (χ3n) is 4.56. The van der Waals surface area contributed by atoms with E-state index >= 15 is 0 Å². The summed E-state index contributed by atoms with van der Waals surface area (Å²) in [6, 6.07) is 4.04. The molecule has 0 unspecified atom stereocenters. The van der Waals surface area contributed by atoms with Gasteiger partial charge in [0.1, 0.15) is 5.82 Å². The van der Waals surface area contributed by atoms with Crippen LogP contribution in [-0.2, 0) is 11.3 Å². The Labute approximate surface area is 136 Å². The number of nitrogens with two attached hydrogens (primary N) is 1. The van der Waals surface area contributed by atoms with E-state index in [-0.39, 0.29) is 11.8 Å². The zero-order chi connectivity index (χ0) is 16.2. The smallest absolute Gasteiger partial charge is 0.220 e. The predicted octanol–water partition coefficient (Wildman–Crippen LogP) is 0.174. The number of carbonyl (C=O) groups is 1. The van der Waals surface area contributed by atoms with Crippen molar-refractivity contribution in [2.24, 2.45) is 16.6 Å². The van der Waals surface area contributed by atoms with Gasteiger partial charge in [0.05, 0.1) is 6.54 Å². The number of rotatable bonds is 4. The van der Waals surface area contributed by atoms with Gasteiger partial charge in [0.25, 0.3) is 0 Å². The van der Waals surface area contributed by atoms with Gasteiger partial charge in [0.2, 0.25) is 5.91 Å². The number of pyridine rings is 1. The highest BCUT2D eigenvalue weighted by molar-refractivity contribution is 5.81. The fraction of sp³-hybridized carbons (Fsp3) is 0.562. The molecule has 7 heteroatoms. The van der Waals surface area contributed by atoms with Crippen molar-refractivity contribution in [3.63, 3.8) is 0 Å². The number of primary amides is 1. The maximum absolute atomic E-state index is 11.3. The van der Waals surface area contributed by atoms with Crippen molar-refractivity contribution in [1.29, 1.82) is 0 Å². The summed E-state index contributed by atoms with van der Waals surface area (Å²) in [5.41, 5.74) is 6.56. The molecule has 0 spiro atoms. The lowest BCUT2D eigenvalue weighted by molar-refractivity contribution is -0.122. The number of nitrogens with zero attached hydrogens (tertiary/aromatic N) is 4. The quantitative estimate of drug-likeness (QED) is 0.827. The minimum atomic E-state index is -0.185. The van der Waals surface area contributed by atoms with Gasteiger partial charge in [-0.25, -0.2) is 4.98 Å². The van der Waals surface area contributed by atoms with Crippen LogP contribution >= 0.6 is 0 Å². The maximum Gasteiger partial charge on any atom is 0.220 e. The number of hydrogen-bond acceptors (Lipinski definition) is 6. The van der Waals surface area contributed by atoms with Crippen molar-refractivity contribution in [3.8, 4) is 0 Å². The SMILES string of the molecule is CN1CCN=C1NCc1cccnc1N1CCC(C(N)=O)CC1. The minimum Gasteiger partial charge on any atom is -0.369 e. The fourth-order valence-corrected chi connectivity index (χ4v) is 3.13. The number of piperidine rings is 1. The molecule has 0 radical (unpaired) electrons. The summed E-state index contributed by atoms with van der Waals surface area (Å²) < 4.78 is 0. The van der Waals surface area contributed by atoms with Crippen LogP contribution in [0.2, 0.25) is 0 Å². The van der Waals surface area contributed by atoms with Crippen LogP contribution in [0.15, 0.2) is 23.3 Å². The molecule has 0 bridgehead atoms. The van der Waals surface area contributed by atoms with Crippen LogP contribution in [0, 0.1) is 5.92 Å². The van der Waals surface area contributed by atoms with Crippen molar-refractivity contribution in [2.45, 2.75) is 19.4 Å². The average molecular weight is 316 g/mol. The van der Waals surface area contributed by atoms with E-state index in [0.29, 0.717) is 6.54 Å². The first-order valence-electron chi connectivity index (χ1n) is 8.13. The molecule has 0 atom stereocenters. The van der Waals surface area contributed by atoms with Crippen molar-refractivity contribution >= 4 is 17.7 Å². The largest absolute Gasteiger partial charge is 0.369 e. The summed E-state index contributed by atoms with van der Waals surface area (Å²) >= 11 is 0. The molecule has 1 aromatic heterocycles. The Balaban J connectivity index is 1.65. The molecule has 1 fully saturated rings. The third-order valence-corrected chi connectivity index (χ3v) is 4.56. The van der Waals surface area contributed by atoms with Gasteiger partial charge in [-0.05, 0) is 18.9 Å². The van der Waals surface area contributed by atoms with Gasteiger partial charge in [-0.1, -0.05) is 6.07 Å². The van der Waals surface area contributed by atoms with E-state index in [0.717, 1.165) is 56.4 Å². The van der Waals surface area contributed by atoms with Gasteiger partial charge in [-0.2, -0.15) is 0 Å². The zero-order valence-corrected chi connectivity index (χ0v) is 13.5. The zero-order valence-electron chi connectivity index (χ0n) is 13.5. The van der Waals surface area contributed by atoms with Crippen LogP contribution in [0.25, 0.3) is 0 Å². The van der Waals surface area contributed by atoms with Crippen molar-refractivity contribution in [1.82, 2.24) is 15.2 Å². The van der Waals surface area contributed by atoms with Crippen molar-refractivity contribution in [2.75, 3.05) is 38.1 Å². The first kappa shape index (κ1) is 15.6. The number of aromatic nitrogens is 1. The Morgan fingerprint density at radius 1 is 1.39 bits per heavy atom. The summed E-state index contributed by atoms with van der Waals surface area (Å²) in [5.74, 6) is 1.74. The average Bonchev–Trinajstić information content (AvgIpc) is 2.98. The van der Waals surface area contributed by atoms with Crippen LogP contribution < -0.4 is 16.0 Å². The van der Waals surface area contributed by atoms with Crippen molar-refractivity contribution in [3.05, 3.63) is 23.9 Å². The molecule has 2 aliphatic heterocycles. The molecule has 0 aliphatic carbocycles. The number of anilines is 1. The second kappa shape index (κ2) is 6.85. The van der Waals surface area contributed by atoms with Crippen LogP contribution in [-0.4, -0.2) is 55.0 Å². The van der Waals surface area contributed by atoms with Gasteiger partial charge in [0, 0.05) is 50.9 Å². The number of amides is 1. The second-order valence-electron chi connectivity index (χ2n) is 6.13. The normalized spacial score (nSPS) is 18.9. The molecule has 1 saturated heterocycles. The Kier molecular flexibility index (Phi) is 4.64. The highest BCUT2D eigenvalue weighted by atomic mass is 16.1. The topological polar surface area (TPSA) is 86.8 Å². The fourth-order valence-electron chi connectivity index (χ4n) is 3.13. The molecule has 3 rings (SSSR count). The van der Waals surface area contributed by atoms with Crippen LogP contribution in [0.4, 0.5) is 5.82 Å². The summed E-state index contributed by atoms with van der Waals surface area (Å²) in [5, 5.41) is 3.39. The molecule has 7 nitrogen and oxygen atoms in total. The standard InChI is InChI=1S/C16H24N6O/c1-21-10-7-19-16(21)20-11-13-3-2-6-18-15(13)22-8-4-12(5-9-22)14(17)23/h2-3,6,12H,4-5,7-11H2,1H3,(H2,17,23)(H,19,20). The molecule has 1 amide bonds. The molecule has 124 valence electrons. The summed E-state index contributed by atoms with van der Waals surface area (Å²) in [7, 11) is 2.04. The monoisotopic (exact) mass is 316 g/mol. The Hall–Kier alpha value is -2.31. The van der Waals surface area contributed by atoms with Gasteiger partial charge in [0.15, 0.2) is 5.96 Å². The molecule has 3 N–H and O–H groups in total. The second-order valence-corrected chi connectivity index (χ2v) is 6.13. The molecule has 23 heavy (non-hydrogen) atoms. The molecule has 1 aromatic rings. The summed E-state index contributed by atoms with van der Waals surface area (Å²) in [6.07, 6.45) is 3.42. The van der Waals surface area contributed by atoms with Gasteiger partial charge in [-0.3, -0.25) is 9.79 Å². The molecular formula is C16H24N6O. The molecular weight excluding hydrogens is 292 g/mol. The third kappa shape index (κ3) is 3.55. The van der Waals surface area contributed by atoms with E-state index in [1.54, 1.807) is 0 Å². The summed E-state index contributed by atoms with van der Waals surface area (Å²) in [4.78, 5) is 24.7. The molecule has 0 aromatic carbocycles. The lowest BCUT2D eigenvalue weighted by Gasteiger charge is -2.32. The van der Waals surface area contributed by atoms with Crippen LogP contribution in [0.5, 0.6) is 0 Å². The first-order valence-corrected chi connectivity index (χ1v) is 8.13. The summed E-state index contributed by atoms with van der Waals surface area (Å²) in [6.45, 7) is 4.14. The highest BCUT2D eigenvalue weighted by Crippen LogP contribution is 2.24. The van der Waals surface area contributed by atoms with Gasteiger partial charge >= 0.3 is 0 Å².